The van der Waals surface area contributed by atoms with Crippen molar-refractivity contribution in [2.24, 2.45) is 11.8 Å². The third kappa shape index (κ3) is 6.34. The van der Waals surface area contributed by atoms with E-state index >= 15 is 0 Å². The number of hydrogen-bond donors (Lipinski definition) is 2. The Morgan fingerprint density at radius 3 is 2.40 bits per heavy atom. The Hall–Kier alpha value is -1.56. The second kappa shape index (κ2) is 9.80. The molecule has 2 amide bonds. The molecule has 0 saturated heterocycles. The molecule has 0 aliphatic heterocycles. The molecule has 1 aliphatic carbocycles. The summed E-state index contributed by atoms with van der Waals surface area (Å²) < 4.78 is 6.73. The number of halogens is 1. The first-order valence-electron chi connectivity index (χ1n) is 9.01. The monoisotopic (exact) mass is 410 g/mol. The number of carbonyl (C=O) groups is 2. The molecule has 1 saturated carbocycles. The topological polar surface area (TPSA) is 67.4 Å². The Labute approximate surface area is 158 Å². The van der Waals surface area contributed by atoms with Crippen molar-refractivity contribution in [3.8, 4) is 5.75 Å². The summed E-state index contributed by atoms with van der Waals surface area (Å²) in [5, 5.41) is 0. The minimum Gasteiger partial charge on any atom is -0.481 e. The number of ether oxygens (including phenoxy) is 1. The van der Waals surface area contributed by atoms with E-state index in [-0.39, 0.29) is 17.7 Å². The largest absolute Gasteiger partial charge is 0.481 e. The normalized spacial score (nSPS) is 21.2. The predicted molar refractivity (Wildman–Crippen MR) is 101 cm³/mol. The molecule has 5 nitrogen and oxygen atoms in total. The van der Waals surface area contributed by atoms with Crippen LogP contribution in [0.4, 0.5) is 0 Å². The molecule has 0 bridgehead atoms. The fraction of sp³-hybridized carbons (Fsp3) is 0.579. The van der Waals surface area contributed by atoms with E-state index in [0.717, 1.165) is 36.6 Å². The van der Waals surface area contributed by atoms with Crippen LogP contribution in [-0.4, -0.2) is 17.9 Å². The van der Waals surface area contributed by atoms with E-state index in [1.54, 1.807) is 0 Å². The molecule has 0 heterocycles. The molecular weight excluding hydrogens is 384 g/mol. The van der Waals surface area contributed by atoms with Gasteiger partial charge in [0, 0.05) is 10.4 Å². The molecule has 2 N–H and O–H groups in total. The van der Waals surface area contributed by atoms with Crippen LogP contribution in [0.3, 0.4) is 0 Å². The van der Waals surface area contributed by atoms with E-state index < -0.39 is 6.10 Å². The first-order chi connectivity index (χ1) is 12.0. The van der Waals surface area contributed by atoms with Crippen LogP contribution in [0.25, 0.3) is 0 Å². The highest BCUT2D eigenvalue weighted by Gasteiger charge is 2.26. The van der Waals surface area contributed by atoms with Gasteiger partial charge < -0.3 is 4.74 Å². The minimum absolute atomic E-state index is 0.00600. The Morgan fingerprint density at radius 1 is 1.16 bits per heavy atom. The highest BCUT2D eigenvalue weighted by Crippen LogP contribution is 2.28. The minimum atomic E-state index is -0.627. The Bertz CT molecular complexity index is 569. The number of rotatable bonds is 6. The highest BCUT2D eigenvalue weighted by molar-refractivity contribution is 9.10. The number of hydrazine groups is 1. The Balaban J connectivity index is 1.84. The molecule has 138 valence electrons. The highest BCUT2D eigenvalue weighted by atomic mass is 79.9. The summed E-state index contributed by atoms with van der Waals surface area (Å²) in [6.45, 7) is 4.21. The molecule has 1 fully saturated rings. The molecule has 1 atom stereocenters. The van der Waals surface area contributed by atoms with Crippen molar-refractivity contribution in [3.63, 3.8) is 0 Å². The van der Waals surface area contributed by atoms with E-state index in [9.17, 15) is 9.59 Å². The van der Waals surface area contributed by atoms with Crippen LogP contribution in [0.1, 0.15) is 52.4 Å². The summed E-state index contributed by atoms with van der Waals surface area (Å²) in [5.74, 6) is 0.895. The van der Waals surface area contributed by atoms with Crippen molar-refractivity contribution in [2.45, 2.75) is 58.5 Å². The standard InChI is InChI=1S/C19H27BrN2O3/c1-3-4-17(25-16-11-9-15(20)10-12-16)19(24)22-21-18(23)14-7-5-13(2)6-8-14/h9-14,17H,3-8H2,1-2H3,(H,21,23)(H,22,24). The van der Waals surface area contributed by atoms with Crippen molar-refractivity contribution < 1.29 is 14.3 Å². The van der Waals surface area contributed by atoms with Gasteiger partial charge in [-0.05, 0) is 62.3 Å². The summed E-state index contributed by atoms with van der Waals surface area (Å²) in [6.07, 6.45) is 4.67. The van der Waals surface area contributed by atoms with Gasteiger partial charge in [0.05, 0.1) is 0 Å². The number of benzene rings is 1. The molecule has 6 heteroatoms. The fourth-order valence-electron chi connectivity index (χ4n) is 3.01. The van der Waals surface area contributed by atoms with Crippen LogP contribution in [-0.2, 0) is 9.59 Å². The molecule has 25 heavy (non-hydrogen) atoms. The number of hydrogen-bond acceptors (Lipinski definition) is 3. The third-order valence-electron chi connectivity index (χ3n) is 4.63. The number of amides is 2. The second-order valence-electron chi connectivity index (χ2n) is 6.78. The zero-order valence-electron chi connectivity index (χ0n) is 14.9. The van der Waals surface area contributed by atoms with Gasteiger partial charge in [-0.15, -0.1) is 0 Å². The van der Waals surface area contributed by atoms with Gasteiger partial charge in [0.15, 0.2) is 6.10 Å². The van der Waals surface area contributed by atoms with Crippen molar-refractivity contribution in [2.75, 3.05) is 0 Å². The summed E-state index contributed by atoms with van der Waals surface area (Å²) in [4.78, 5) is 24.6. The summed E-state index contributed by atoms with van der Waals surface area (Å²) in [5.41, 5.74) is 5.11. The van der Waals surface area contributed by atoms with Gasteiger partial charge >= 0.3 is 0 Å². The lowest BCUT2D eigenvalue weighted by molar-refractivity contribution is -0.135. The van der Waals surface area contributed by atoms with Crippen LogP contribution in [0.15, 0.2) is 28.7 Å². The summed E-state index contributed by atoms with van der Waals surface area (Å²) >= 11 is 3.37. The van der Waals surface area contributed by atoms with Gasteiger partial charge in [-0.2, -0.15) is 0 Å². The average Bonchev–Trinajstić information content (AvgIpc) is 2.61. The molecule has 0 spiro atoms. The van der Waals surface area contributed by atoms with Crippen LogP contribution in [0.5, 0.6) is 5.75 Å². The first kappa shape index (κ1) is 19.8. The lowest BCUT2D eigenvalue weighted by Gasteiger charge is -2.25. The number of nitrogens with one attached hydrogen (secondary N) is 2. The van der Waals surface area contributed by atoms with Crippen molar-refractivity contribution in [3.05, 3.63) is 28.7 Å². The van der Waals surface area contributed by atoms with Crippen molar-refractivity contribution in [1.29, 1.82) is 0 Å². The predicted octanol–water partition coefficient (Wildman–Crippen LogP) is 3.97. The van der Waals surface area contributed by atoms with E-state index in [4.69, 9.17) is 4.74 Å². The summed E-state index contributed by atoms with van der Waals surface area (Å²) in [6, 6.07) is 7.34. The zero-order chi connectivity index (χ0) is 18.2. The second-order valence-corrected chi connectivity index (χ2v) is 7.70. The van der Waals surface area contributed by atoms with Gasteiger partial charge in [-0.25, -0.2) is 0 Å². The van der Waals surface area contributed by atoms with Crippen LogP contribution in [0.2, 0.25) is 0 Å². The molecule has 1 aromatic carbocycles. The van der Waals surface area contributed by atoms with E-state index in [0.29, 0.717) is 18.1 Å². The molecule has 2 rings (SSSR count). The quantitative estimate of drug-likeness (QED) is 0.697. The van der Waals surface area contributed by atoms with Gasteiger partial charge in [-0.3, -0.25) is 20.4 Å². The zero-order valence-corrected chi connectivity index (χ0v) is 16.5. The Morgan fingerprint density at radius 2 is 1.80 bits per heavy atom. The maximum Gasteiger partial charge on any atom is 0.279 e. The molecule has 0 radical (unpaired) electrons. The SMILES string of the molecule is CCCC(Oc1ccc(Br)cc1)C(=O)NNC(=O)C1CCC(C)CC1. The lowest BCUT2D eigenvalue weighted by Crippen LogP contribution is -2.50. The maximum absolute atomic E-state index is 12.4. The van der Waals surface area contributed by atoms with Crippen LogP contribution < -0.4 is 15.6 Å². The molecule has 1 aromatic rings. The molecule has 0 aromatic heterocycles. The Kier molecular flexibility index (Phi) is 7.75. The van der Waals surface area contributed by atoms with Gasteiger partial charge in [0.1, 0.15) is 5.75 Å². The smallest absolute Gasteiger partial charge is 0.279 e. The van der Waals surface area contributed by atoms with Crippen LogP contribution >= 0.6 is 15.9 Å². The summed E-state index contributed by atoms with van der Waals surface area (Å²) in [7, 11) is 0. The fourth-order valence-corrected chi connectivity index (χ4v) is 3.28. The third-order valence-corrected chi connectivity index (χ3v) is 5.16. The molecular formula is C19H27BrN2O3. The van der Waals surface area contributed by atoms with Crippen molar-refractivity contribution in [1.82, 2.24) is 10.9 Å². The van der Waals surface area contributed by atoms with Gasteiger partial charge in [-0.1, -0.05) is 36.2 Å². The number of carbonyl (C=O) groups excluding carboxylic acids is 2. The van der Waals surface area contributed by atoms with E-state index in [1.807, 2.05) is 31.2 Å². The van der Waals surface area contributed by atoms with E-state index in [1.165, 1.54) is 0 Å². The van der Waals surface area contributed by atoms with E-state index in [2.05, 4.69) is 33.7 Å². The van der Waals surface area contributed by atoms with Crippen LogP contribution in [0, 0.1) is 11.8 Å². The lowest BCUT2D eigenvalue weighted by atomic mass is 9.83. The maximum atomic E-state index is 12.4. The molecule has 1 aliphatic rings. The van der Waals surface area contributed by atoms with Gasteiger partial charge in [0.2, 0.25) is 5.91 Å². The van der Waals surface area contributed by atoms with Crippen molar-refractivity contribution >= 4 is 27.7 Å². The first-order valence-corrected chi connectivity index (χ1v) is 9.80. The molecule has 1 unspecified atom stereocenters. The van der Waals surface area contributed by atoms with Gasteiger partial charge in [0.25, 0.3) is 5.91 Å². The average molecular weight is 411 g/mol.